The maximum atomic E-state index is 10.5. The fraction of sp³-hybridized carbons (Fsp3) is 0. The van der Waals surface area contributed by atoms with E-state index >= 15 is 0 Å². The molecule has 4 heteroatoms. The molecule has 7 aromatic carbocycles. The monoisotopic (exact) mass is 610 g/mol. The van der Waals surface area contributed by atoms with Gasteiger partial charge in [-0.1, -0.05) is 109 Å². The van der Waals surface area contributed by atoms with Crippen molar-refractivity contribution in [3.05, 3.63) is 175 Å². The number of hydrogen-bond donors (Lipinski definition) is 0. The number of nitriles is 1. The first kappa shape index (κ1) is 27.4. The number of benzene rings is 7. The molecule has 0 N–H and O–H groups in total. The van der Waals surface area contributed by atoms with Crippen LogP contribution in [0.2, 0.25) is 0 Å². The van der Waals surface area contributed by atoms with E-state index in [-0.39, 0.29) is 0 Å². The molecule has 2 aromatic heterocycles. The molecule has 48 heavy (non-hydrogen) atoms. The molecule has 0 aliphatic rings. The molecule has 0 amide bonds. The topological polar surface area (TPSA) is 38.0 Å². The highest BCUT2D eigenvalue weighted by molar-refractivity contribution is 6.11. The summed E-state index contributed by atoms with van der Waals surface area (Å²) in [4.78, 5) is 3.72. The fourth-order valence-electron chi connectivity index (χ4n) is 7.27. The Morgan fingerprint density at radius 3 is 1.77 bits per heavy atom. The summed E-state index contributed by atoms with van der Waals surface area (Å²) in [6.07, 6.45) is 0. The van der Waals surface area contributed by atoms with E-state index < -0.39 is 0 Å². The lowest BCUT2D eigenvalue weighted by Crippen LogP contribution is -1.98. The first-order chi connectivity index (χ1) is 23.7. The van der Waals surface area contributed by atoms with E-state index in [1.807, 2.05) is 42.5 Å². The molecular weight excluding hydrogens is 585 g/mol. The predicted molar refractivity (Wildman–Crippen MR) is 197 cm³/mol. The number of rotatable bonds is 4. The average molecular weight is 611 g/mol. The van der Waals surface area contributed by atoms with Gasteiger partial charge in [-0.3, -0.25) is 0 Å². The molecule has 0 radical (unpaired) electrons. The zero-order chi connectivity index (χ0) is 32.2. The summed E-state index contributed by atoms with van der Waals surface area (Å²) < 4.78 is 4.54. The van der Waals surface area contributed by atoms with Crippen LogP contribution in [0.3, 0.4) is 0 Å². The Morgan fingerprint density at radius 2 is 1.08 bits per heavy atom. The zero-order valence-corrected chi connectivity index (χ0v) is 25.8. The molecule has 4 nitrogen and oxygen atoms in total. The van der Waals surface area contributed by atoms with Crippen LogP contribution >= 0.6 is 0 Å². The molecule has 9 rings (SSSR count). The molecule has 0 aliphatic heterocycles. The van der Waals surface area contributed by atoms with Crippen molar-refractivity contribution >= 4 is 49.3 Å². The van der Waals surface area contributed by atoms with Gasteiger partial charge in [-0.25, -0.2) is 4.85 Å². The van der Waals surface area contributed by atoms with Crippen LogP contribution in [0.4, 0.5) is 5.69 Å². The number of aromatic nitrogens is 2. The van der Waals surface area contributed by atoms with Gasteiger partial charge in [-0.15, -0.1) is 0 Å². The van der Waals surface area contributed by atoms with Gasteiger partial charge in [0.1, 0.15) is 0 Å². The molecule has 0 saturated carbocycles. The SMILES string of the molecule is [C-]#[N+]c1ccc2c3ccccc3n(-c3ccccc3-c3ccc(-c4cccc(-n5c6ccccc6c6ccccc65)c4)c(C#N)c3)c2c1. The minimum Gasteiger partial charge on any atom is -0.310 e. The van der Waals surface area contributed by atoms with Gasteiger partial charge in [0.05, 0.1) is 40.4 Å². The lowest BCUT2D eigenvalue weighted by molar-refractivity contribution is 1.18. The average Bonchev–Trinajstić information content (AvgIpc) is 3.67. The summed E-state index contributed by atoms with van der Waals surface area (Å²) in [5.41, 5.74) is 11.4. The normalized spacial score (nSPS) is 11.3. The molecule has 0 fully saturated rings. The van der Waals surface area contributed by atoms with Crippen molar-refractivity contribution in [1.29, 1.82) is 5.26 Å². The summed E-state index contributed by atoms with van der Waals surface area (Å²) >= 11 is 0. The molecule has 0 aliphatic carbocycles. The molecule has 0 atom stereocenters. The van der Waals surface area contributed by atoms with Crippen molar-refractivity contribution in [3.8, 4) is 39.7 Å². The minimum atomic E-state index is 0.600. The third kappa shape index (κ3) is 4.14. The van der Waals surface area contributed by atoms with Crippen molar-refractivity contribution in [2.45, 2.75) is 0 Å². The summed E-state index contributed by atoms with van der Waals surface area (Å²) in [6, 6.07) is 56.6. The highest BCUT2D eigenvalue weighted by Gasteiger charge is 2.18. The molecule has 0 unspecified atom stereocenters. The Morgan fingerprint density at radius 1 is 0.479 bits per heavy atom. The molecule has 2 heterocycles. The van der Waals surface area contributed by atoms with E-state index in [4.69, 9.17) is 6.57 Å². The van der Waals surface area contributed by atoms with Crippen LogP contribution in [-0.2, 0) is 0 Å². The van der Waals surface area contributed by atoms with Crippen molar-refractivity contribution in [2.24, 2.45) is 0 Å². The fourth-order valence-corrected chi connectivity index (χ4v) is 7.27. The smallest absolute Gasteiger partial charge is 0.189 e. The Hall–Kier alpha value is -6.88. The van der Waals surface area contributed by atoms with Gasteiger partial charge in [-0.2, -0.15) is 5.26 Å². The van der Waals surface area contributed by atoms with Gasteiger partial charge in [0.15, 0.2) is 5.69 Å². The summed E-state index contributed by atoms with van der Waals surface area (Å²) in [5, 5.41) is 15.2. The van der Waals surface area contributed by atoms with E-state index in [9.17, 15) is 5.26 Å². The first-order valence-electron chi connectivity index (χ1n) is 15.9. The zero-order valence-electron chi connectivity index (χ0n) is 25.8. The lowest BCUT2D eigenvalue weighted by atomic mass is 9.94. The molecule has 9 aromatic rings. The standard InChI is InChI=1S/C44H26N4/c1-46-32-22-24-39-38-16-5-9-20-43(38)48(44(39)27-32)40-17-6-2-13-35(40)30-21-23-34(31(25-30)28-45)29-11-10-12-33(26-29)47-41-18-7-3-14-36(41)37-15-4-8-19-42(37)47/h2-27H. The predicted octanol–water partition coefficient (Wildman–Crippen LogP) is 11.6. The van der Waals surface area contributed by atoms with Crippen molar-refractivity contribution in [1.82, 2.24) is 9.13 Å². The molecule has 0 saturated heterocycles. The van der Waals surface area contributed by atoms with Crippen LogP contribution in [0.5, 0.6) is 0 Å². The second-order valence-corrected chi connectivity index (χ2v) is 12.0. The Balaban J connectivity index is 1.20. The van der Waals surface area contributed by atoms with Gasteiger partial charge in [0, 0.05) is 38.3 Å². The van der Waals surface area contributed by atoms with E-state index in [0.29, 0.717) is 11.3 Å². The summed E-state index contributed by atoms with van der Waals surface area (Å²) in [7, 11) is 0. The third-order valence-corrected chi connectivity index (χ3v) is 9.38. The Kier molecular flexibility index (Phi) is 6.22. The molecule has 222 valence electrons. The van der Waals surface area contributed by atoms with Crippen molar-refractivity contribution < 1.29 is 0 Å². The number of fused-ring (bicyclic) bond motifs is 6. The quantitative estimate of drug-likeness (QED) is 0.183. The van der Waals surface area contributed by atoms with E-state index in [2.05, 4.69) is 135 Å². The maximum absolute atomic E-state index is 10.5. The van der Waals surface area contributed by atoms with Gasteiger partial charge < -0.3 is 9.13 Å². The van der Waals surface area contributed by atoms with Crippen LogP contribution in [0.15, 0.2) is 158 Å². The second kappa shape index (κ2) is 10.9. The van der Waals surface area contributed by atoms with Gasteiger partial charge in [0.25, 0.3) is 0 Å². The van der Waals surface area contributed by atoms with Gasteiger partial charge in [-0.05, 0) is 65.2 Å². The van der Waals surface area contributed by atoms with E-state index in [1.165, 1.54) is 10.8 Å². The van der Waals surface area contributed by atoms with Crippen LogP contribution in [0.1, 0.15) is 5.56 Å². The largest absolute Gasteiger partial charge is 0.310 e. The van der Waals surface area contributed by atoms with Crippen LogP contribution in [0.25, 0.3) is 82.1 Å². The first-order valence-corrected chi connectivity index (χ1v) is 15.9. The van der Waals surface area contributed by atoms with Crippen LogP contribution < -0.4 is 0 Å². The summed E-state index contributed by atoms with van der Waals surface area (Å²) in [6.45, 7) is 7.65. The molecule has 0 spiro atoms. The number of hydrogen-bond acceptors (Lipinski definition) is 1. The van der Waals surface area contributed by atoms with Crippen molar-refractivity contribution in [2.75, 3.05) is 0 Å². The third-order valence-electron chi connectivity index (χ3n) is 9.38. The van der Waals surface area contributed by atoms with Crippen molar-refractivity contribution in [3.63, 3.8) is 0 Å². The Labute approximate surface area is 277 Å². The molecular formula is C44H26N4. The number of nitrogens with zero attached hydrogens (tertiary/aromatic N) is 4. The van der Waals surface area contributed by atoms with Crippen LogP contribution in [0, 0.1) is 17.9 Å². The number of para-hydroxylation sites is 4. The van der Waals surface area contributed by atoms with E-state index in [0.717, 1.165) is 66.5 Å². The minimum absolute atomic E-state index is 0.600. The highest BCUT2D eigenvalue weighted by atomic mass is 15.0. The highest BCUT2D eigenvalue weighted by Crippen LogP contribution is 2.39. The second-order valence-electron chi connectivity index (χ2n) is 12.0. The van der Waals surface area contributed by atoms with Crippen LogP contribution in [-0.4, -0.2) is 9.13 Å². The maximum Gasteiger partial charge on any atom is 0.189 e. The molecule has 0 bridgehead atoms. The summed E-state index contributed by atoms with van der Waals surface area (Å²) in [5.74, 6) is 0. The van der Waals surface area contributed by atoms with Gasteiger partial charge >= 0.3 is 0 Å². The lowest BCUT2D eigenvalue weighted by Gasteiger charge is -2.16. The Bertz CT molecular complexity index is 2760. The van der Waals surface area contributed by atoms with Gasteiger partial charge in [0.2, 0.25) is 0 Å². The van der Waals surface area contributed by atoms with E-state index in [1.54, 1.807) is 0 Å².